The minimum atomic E-state index is 0.661. The Labute approximate surface area is 112 Å². The highest BCUT2D eigenvalue weighted by Gasteiger charge is 2.28. The van der Waals surface area contributed by atoms with Crippen LogP contribution in [0.2, 0.25) is 0 Å². The molecule has 1 N–H and O–H groups in total. The number of rotatable bonds is 7. The Morgan fingerprint density at radius 2 is 2.18 bits per heavy atom. The number of hydrogen-bond donors (Lipinski definition) is 1. The summed E-state index contributed by atoms with van der Waals surface area (Å²) in [5.41, 5.74) is 0. The molecule has 1 fully saturated rings. The van der Waals surface area contributed by atoms with Crippen LogP contribution in [0.25, 0.3) is 0 Å². The molecule has 1 heterocycles. The molecule has 0 aromatic heterocycles. The van der Waals surface area contributed by atoms with Crippen molar-refractivity contribution in [2.24, 2.45) is 5.92 Å². The molecule has 0 aromatic carbocycles. The molecular weight excluding hydrogens is 228 g/mol. The number of hydrogen-bond acceptors (Lipinski definition) is 3. The first kappa shape index (κ1) is 15.3. The maximum Gasteiger partial charge on any atom is 0.0246 e. The molecule has 0 spiro atoms. The maximum atomic E-state index is 3.63. The van der Waals surface area contributed by atoms with Gasteiger partial charge in [-0.1, -0.05) is 27.2 Å². The first-order chi connectivity index (χ1) is 8.19. The minimum absolute atomic E-state index is 0.661. The second-order valence-corrected chi connectivity index (χ2v) is 6.70. The van der Waals surface area contributed by atoms with Crippen molar-refractivity contribution in [2.75, 3.05) is 31.1 Å². The quantitative estimate of drug-likeness (QED) is 0.707. The van der Waals surface area contributed by atoms with Gasteiger partial charge in [-0.15, -0.1) is 0 Å². The van der Waals surface area contributed by atoms with E-state index in [1.165, 1.54) is 44.0 Å². The van der Waals surface area contributed by atoms with Crippen molar-refractivity contribution < 1.29 is 0 Å². The highest BCUT2D eigenvalue weighted by Crippen LogP contribution is 2.18. The molecule has 0 aliphatic carbocycles. The van der Waals surface area contributed by atoms with E-state index >= 15 is 0 Å². The van der Waals surface area contributed by atoms with Crippen molar-refractivity contribution in [1.29, 1.82) is 0 Å². The number of nitrogens with one attached hydrogen (secondary N) is 1. The van der Waals surface area contributed by atoms with Gasteiger partial charge in [-0.3, -0.25) is 4.90 Å². The molecular formula is C14H30N2S. The normalized spacial score (nSPS) is 28.2. The Balaban J connectivity index is 2.38. The third-order valence-corrected chi connectivity index (χ3v) is 4.88. The summed E-state index contributed by atoms with van der Waals surface area (Å²) in [6.45, 7) is 13.0. The van der Waals surface area contributed by atoms with Gasteiger partial charge in [0.2, 0.25) is 0 Å². The van der Waals surface area contributed by atoms with Crippen LogP contribution in [0.15, 0.2) is 0 Å². The van der Waals surface area contributed by atoms with Crippen molar-refractivity contribution in [3.05, 3.63) is 0 Å². The Hall–Kier alpha value is 0.270. The molecule has 3 heteroatoms. The molecule has 0 amide bonds. The summed E-state index contributed by atoms with van der Waals surface area (Å²) in [4.78, 5) is 2.73. The average molecular weight is 258 g/mol. The molecule has 0 bridgehead atoms. The summed E-state index contributed by atoms with van der Waals surface area (Å²) in [5.74, 6) is 3.39. The molecule has 0 radical (unpaired) electrons. The van der Waals surface area contributed by atoms with Gasteiger partial charge < -0.3 is 5.32 Å². The van der Waals surface area contributed by atoms with Crippen molar-refractivity contribution in [3.8, 4) is 0 Å². The number of piperazine rings is 1. The van der Waals surface area contributed by atoms with E-state index < -0.39 is 0 Å². The molecule has 102 valence electrons. The van der Waals surface area contributed by atoms with Crippen LogP contribution in [-0.2, 0) is 0 Å². The van der Waals surface area contributed by atoms with Crippen LogP contribution in [0.1, 0.15) is 40.5 Å². The molecule has 3 atom stereocenters. The molecule has 17 heavy (non-hydrogen) atoms. The van der Waals surface area contributed by atoms with E-state index in [-0.39, 0.29) is 0 Å². The minimum Gasteiger partial charge on any atom is -0.311 e. The van der Waals surface area contributed by atoms with Crippen LogP contribution in [0.5, 0.6) is 0 Å². The largest absolute Gasteiger partial charge is 0.311 e. The standard InChI is InChI=1S/C14H30N2S/c1-5-12(3)14-10-15-13(4)11-16(14)8-7-9-17-6-2/h12-15H,5-11H2,1-4H3. The third-order valence-electron chi connectivity index (χ3n) is 3.89. The van der Waals surface area contributed by atoms with Crippen LogP contribution in [-0.4, -0.2) is 48.1 Å². The highest BCUT2D eigenvalue weighted by molar-refractivity contribution is 7.99. The highest BCUT2D eigenvalue weighted by atomic mass is 32.2. The lowest BCUT2D eigenvalue weighted by Gasteiger charge is -2.42. The van der Waals surface area contributed by atoms with Gasteiger partial charge in [-0.2, -0.15) is 11.8 Å². The van der Waals surface area contributed by atoms with Gasteiger partial charge in [0.15, 0.2) is 0 Å². The number of thioether (sulfide) groups is 1. The SMILES string of the molecule is CCSCCCN1CC(C)NCC1C(C)CC. The summed E-state index contributed by atoms with van der Waals surface area (Å²) in [5, 5.41) is 3.63. The lowest BCUT2D eigenvalue weighted by molar-refractivity contribution is 0.0962. The molecule has 0 saturated carbocycles. The van der Waals surface area contributed by atoms with E-state index in [0.29, 0.717) is 6.04 Å². The zero-order chi connectivity index (χ0) is 12.7. The number of nitrogens with zero attached hydrogens (tertiary/aromatic N) is 1. The van der Waals surface area contributed by atoms with Gasteiger partial charge in [0, 0.05) is 25.2 Å². The summed E-state index contributed by atoms with van der Waals surface area (Å²) >= 11 is 2.07. The van der Waals surface area contributed by atoms with Gasteiger partial charge in [0.25, 0.3) is 0 Å². The first-order valence-electron chi connectivity index (χ1n) is 7.24. The lowest BCUT2D eigenvalue weighted by atomic mass is 9.94. The van der Waals surface area contributed by atoms with Gasteiger partial charge in [-0.05, 0) is 37.3 Å². The Morgan fingerprint density at radius 1 is 1.41 bits per heavy atom. The van der Waals surface area contributed by atoms with Gasteiger partial charge in [0.1, 0.15) is 0 Å². The third kappa shape index (κ3) is 5.19. The van der Waals surface area contributed by atoms with E-state index in [0.717, 1.165) is 12.0 Å². The maximum absolute atomic E-state index is 3.63. The van der Waals surface area contributed by atoms with Crippen molar-refractivity contribution in [2.45, 2.75) is 52.6 Å². The van der Waals surface area contributed by atoms with Crippen LogP contribution in [0.3, 0.4) is 0 Å². The van der Waals surface area contributed by atoms with Gasteiger partial charge >= 0.3 is 0 Å². The first-order valence-corrected chi connectivity index (χ1v) is 8.39. The Bertz CT molecular complexity index is 199. The van der Waals surface area contributed by atoms with E-state index in [4.69, 9.17) is 0 Å². The van der Waals surface area contributed by atoms with E-state index in [1.54, 1.807) is 0 Å². The van der Waals surface area contributed by atoms with Crippen LogP contribution >= 0.6 is 11.8 Å². The second kappa shape index (κ2) is 8.39. The average Bonchev–Trinajstić information content (AvgIpc) is 2.34. The molecule has 0 aromatic rings. The summed E-state index contributed by atoms with van der Waals surface area (Å²) < 4.78 is 0. The fourth-order valence-electron chi connectivity index (χ4n) is 2.61. The fraction of sp³-hybridized carbons (Fsp3) is 1.00. The predicted molar refractivity (Wildman–Crippen MR) is 79.9 cm³/mol. The van der Waals surface area contributed by atoms with Crippen molar-refractivity contribution in [1.82, 2.24) is 10.2 Å². The van der Waals surface area contributed by atoms with Crippen LogP contribution < -0.4 is 5.32 Å². The molecule has 1 aliphatic heterocycles. The Kier molecular flexibility index (Phi) is 7.56. The molecule has 3 unspecified atom stereocenters. The zero-order valence-corrected chi connectivity index (χ0v) is 12.9. The van der Waals surface area contributed by atoms with E-state index in [9.17, 15) is 0 Å². The van der Waals surface area contributed by atoms with E-state index in [2.05, 4.69) is 49.7 Å². The lowest BCUT2D eigenvalue weighted by Crippen LogP contribution is -2.57. The fourth-order valence-corrected chi connectivity index (χ4v) is 3.23. The van der Waals surface area contributed by atoms with Crippen molar-refractivity contribution >= 4 is 11.8 Å². The van der Waals surface area contributed by atoms with Gasteiger partial charge in [0.05, 0.1) is 0 Å². The Morgan fingerprint density at radius 3 is 2.82 bits per heavy atom. The van der Waals surface area contributed by atoms with Crippen LogP contribution in [0.4, 0.5) is 0 Å². The molecule has 1 rings (SSSR count). The predicted octanol–water partition coefficient (Wildman–Crippen LogP) is 2.84. The van der Waals surface area contributed by atoms with Crippen LogP contribution in [0, 0.1) is 5.92 Å². The summed E-state index contributed by atoms with van der Waals surface area (Å²) in [7, 11) is 0. The molecule has 1 saturated heterocycles. The van der Waals surface area contributed by atoms with Crippen molar-refractivity contribution in [3.63, 3.8) is 0 Å². The topological polar surface area (TPSA) is 15.3 Å². The second-order valence-electron chi connectivity index (χ2n) is 5.31. The van der Waals surface area contributed by atoms with Gasteiger partial charge in [-0.25, -0.2) is 0 Å². The zero-order valence-electron chi connectivity index (χ0n) is 12.0. The summed E-state index contributed by atoms with van der Waals surface area (Å²) in [6.07, 6.45) is 2.64. The molecule has 2 nitrogen and oxygen atoms in total. The monoisotopic (exact) mass is 258 g/mol. The molecule has 1 aliphatic rings. The van der Waals surface area contributed by atoms with E-state index in [1.807, 2.05) is 0 Å². The smallest absolute Gasteiger partial charge is 0.0246 e. The summed E-state index contributed by atoms with van der Waals surface area (Å²) in [6, 6.07) is 1.41.